The van der Waals surface area contributed by atoms with Crippen LogP contribution >= 0.6 is 0 Å². The maximum absolute atomic E-state index is 14.6. The van der Waals surface area contributed by atoms with Crippen LogP contribution in [0.5, 0.6) is 0 Å². The summed E-state index contributed by atoms with van der Waals surface area (Å²) in [5.41, 5.74) is 0.685. The molecular formula is C19H22F2O6. The van der Waals surface area contributed by atoms with E-state index in [-0.39, 0.29) is 13.2 Å². The van der Waals surface area contributed by atoms with Crippen LogP contribution in [-0.2, 0) is 28.5 Å². The van der Waals surface area contributed by atoms with E-state index in [1.807, 2.05) is 0 Å². The highest BCUT2D eigenvalue weighted by Crippen LogP contribution is 2.33. The van der Waals surface area contributed by atoms with Crippen molar-refractivity contribution in [1.29, 1.82) is 0 Å². The molecule has 0 amide bonds. The number of ether oxygens (including phenoxy) is 4. The van der Waals surface area contributed by atoms with E-state index < -0.39 is 35.9 Å². The molecule has 1 heterocycles. The molecule has 27 heavy (non-hydrogen) atoms. The van der Waals surface area contributed by atoms with Crippen LogP contribution in [-0.4, -0.2) is 49.1 Å². The Morgan fingerprint density at radius 3 is 2.56 bits per heavy atom. The first-order chi connectivity index (χ1) is 12.7. The van der Waals surface area contributed by atoms with Gasteiger partial charge in [-0.1, -0.05) is 30.3 Å². The lowest BCUT2D eigenvalue weighted by molar-refractivity contribution is -0.218. The molecule has 0 radical (unpaired) electrons. The number of hydrogen-bond donors (Lipinski definition) is 0. The maximum Gasteiger partial charge on any atom is 0.381 e. The van der Waals surface area contributed by atoms with Crippen molar-refractivity contribution in [2.75, 3.05) is 13.2 Å². The number of esters is 2. The van der Waals surface area contributed by atoms with Gasteiger partial charge in [0.1, 0.15) is 6.10 Å². The van der Waals surface area contributed by atoms with Crippen LogP contribution < -0.4 is 0 Å². The van der Waals surface area contributed by atoms with Gasteiger partial charge in [-0.3, -0.25) is 0 Å². The number of hydrogen-bond acceptors (Lipinski definition) is 6. The van der Waals surface area contributed by atoms with E-state index in [1.165, 1.54) is 26.8 Å². The molecule has 1 fully saturated rings. The topological polar surface area (TPSA) is 71.1 Å². The molecular weight excluding hydrogens is 362 g/mol. The molecule has 1 aliphatic heterocycles. The van der Waals surface area contributed by atoms with Gasteiger partial charge in [0.25, 0.3) is 0 Å². The van der Waals surface area contributed by atoms with E-state index in [1.54, 1.807) is 30.3 Å². The third-order valence-corrected chi connectivity index (χ3v) is 3.73. The predicted octanol–water partition coefficient (Wildman–Crippen LogP) is 2.96. The van der Waals surface area contributed by atoms with Crippen LogP contribution in [0.1, 0.15) is 26.3 Å². The Kier molecular flexibility index (Phi) is 6.67. The van der Waals surface area contributed by atoms with E-state index >= 15 is 0 Å². The monoisotopic (exact) mass is 384 g/mol. The lowest BCUT2D eigenvalue weighted by atomic mass is 10.1. The summed E-state index contributed by atoms with van der Waals surface area (Å²) in [6, 6.07) is 8.77. The SMILES string of the molecule is CCOC(=O)C(F)(F)C(OC(=O)C=Cc1ccccc1)C1COC(C)(C)O1. The van der Waals surface area contributed by atoms with Crippen LogP contribution in [0.2, 0.25) is 0 Å². The van der Waals surface area contributed by atoms with Crippen molar-refractivity contribution in [1.82, 2.24) is 0 Å². The normalized spacial score (nSPS) is 20.4. The molecule has 2 rings (SSSR count). The molecule has 2 unspecified atom stereocenters. The number of rotatable bonds is 7. The van der Waals surface area contributed by atoms with Crippen molar-refractivity contribution in [2.24, 2.45) is 0 Å². The van der Waals surface area contributed by atoms with E-state index in [2.05, 4.69) is 4.74 Å². The summed E-state index contributed by atoms with van der Waals surface area (Å²) < 4.78 is 49.1. The van der Waals surface area contributed by atoms with Gasteiger partial charge in [-0.15, -0.1) is 0 Å². The minimum Gasteiger partial charge on any atom is -0.461 e. The first-order valence-corrected chi connectivity index (χ1v) is 8.46. The van der Waals surface area contributed by atoms with Gasteiger partial charge in [-0.05, 0) is 32.4 Å². The van der Waals surface area contributed by atoms with Crippen molar-refractivity contribution in [3.63, 3.8) is 0 Å². The number of carbonyl (C=O) groups excluding carboxylic acids is 2. The van der Waals surface area contributed by atoms with E-state index in [4.69, 9.17) is 14.2 Å². The summed E-state index contributed by atoms with van der Waals surface area (Å²) in [6.45, 7) is 3.96. The molecule has 1 aromatic carbocycles. The van der Waals surface area contributed by atoms with Gasteiger partial charge in [0.15, 0.2) is 5.79 Å². The quantitative estimate of drug-likeness (QED) is 0.532. The van der Waals surface area contributed by atoms with E-state index in [0.29, 0.717) is 5.56 Å². The fraction of sp³-hybridized carbons (Fsp3) is 0.474. The highest BCUT2D eigenvalue weighted by Gasteiger charge is 2.57. The van der Waals surface area contributed by atoms with Gasteiger partial charge >= 0.3 is 17.9 Å². The Balaban J connectivity index is 2.18. The number of benzene rings is 1. The molecule has 8 heteroatoms. The average Bonchev–Trinajstić information content (AvgIpc) is 2.98. The third kappa shape index (κ3) is 5.58. The lowest BCUT2D eigenvalue weighted by Gasteiger charge is -2.28. The molecule has 2 atom stereocenters. The molecule has 0 saturated carbocycles. The highest BCUT2D eigenvalue weighted by atomic mass is 19.3. The molecule has 1 saturated heterocycles. The second kappa shape index (κ2) is 8.58. The van der Waals surface area contributed by atoms with Crippen LogP contribution in [0.4, 0.5) is 8.78 Å². The molecule has 0 bridgehead atoms. The fourth-order valence-electron chi connectivity index (χ4n) is 2.48. The van der Waals surface area contributed by atoms with Gasteiger partial charge in [0, 0.05) is 6.08 Å². The molecule has 0 aromatic heterocycles. The smallest absolute Gasteiger partial charge is 0.381 e. The van der Waals surface area contributed by atoms with Gasteiger partial charge in [-0.25, -0.2) is 9.59 Å². The molecule has 0 spiro atoms. The Bertz CT molecular complexity index is 687. The van der Waals surface area contributed by atoms with Crippen molar-refractivity contribution in [3.05, 3.63) is 42.0 Å². The van der Waals surface area contributed by atoms with Crippen molar-refractivity contribution in [3.8, 4) is 0 Å². The number of carbonyl (C=O) groups is 2. The van der Waals surface area contributed by atoms with Gasteiger partial charge in [0.2, 0.25) is 6.10 Å². The minimum absolute atomic E-state index is 0.240. The Morgan fingerprint density at radius 1 is 1.33 bits per heavy atom. The third-order valence-electron chi connectivity index (χ3n) is 3.73. The summed E-state index contributed by atoms with van der Waals surface area (Å²) in [5, 5.41) is 0. The molecule has 148 valence electrons. The second-order valence-electron chi connectivity index (χ2n) is 6.31. The van der Waals surface area contributed by atoms with Crippen LogP contribution in [0.3, 0.4) is 0 Å². The Labute approximate surface area is 156 Å². The van der Waals surface area contributed by atoms with Crippen molar-refractivity contribution in [2.45, 2.75) is 44.7 Å². The first kappa shape index (κ1) is 21.0. The van der Waals surface area contributed by atoms with E-state index in [0.717, 1.165) is 6.08 Å². The first-order valence-electron chi connectivity index (χ1n) is 8.46. The summed E-state index contributed by atoms with van der Waals surface area (Å²) in [5.74, 6) is -8.06. The number of halogens is 2. The average molecular weight is 384 g/mol. The van der Waals surface area contributed by atoms with Crippen molar-refractivity contribution >= 4 is 18.0 Å². The minimum atomic E-state index is -4.10. The van der Waals surface area contributed by atoms with Gasteiger partial charge < -0.3 is 18.9 Å². The second-order valence-corrected chi connectivity index (χ2v) is 6.31. The predicted molar refractivity (Wildman–Crippen MR) is 91.8 cm³/mol. The van der Waals surface area contributed by atoms with Gasteiger partial charge in [-0.2, -0.15) is 8.78 Å². The zero-order chi connectivity index (χ0) is 20.1. The molecule has 1 aliphatic rings. The Morgan fingerprint density at radius 2 is 2.00 bits per heavy atom. The zero-order valence-electron chi connectivity index (χ0n) is 15.3. The highest BCUT2D eigenvalue weighted by molar-refractivity contribution is 5.88. The molecule has 1 aromatic rings. The maximum atomic E-state index is 14.6. The summed E-state index contributed by atoms with van der Waals surface area (Å²) >= 11 is 0. The fourth-order valence-corrected chi connectivity index (χ4v) is 2.48. The molecule has 6 nitrogen and oxygen atoms in total. The lowest BCUT2D eigenvalue weighted by Crippen LogP contribution is -2.52. The zero-order valence-corrected chi connectivity index (χ0v) is 15.3. The summed E-state index contributed by atoms with van der Waals surface area (Å²) in [6.07, 6.45) is -1.10. The van der Waals surface area contributed by atoms with E-state index in [9.17, 15) is 18.4 Å². The molecule has 0 N–H and O–H groups in total. The largest absolute Gasteiger partial charge is 0.461 e. The standard InChI is InChI=1S/C19H22F2O6/c1-4-24-17(23)19(20,21)16(14-12-25-18(2,3)27-14)26-15(22)11-10-13-8-6-5-7-9-13/h5-11,14,16H,4,12H2,1-3H3. The van der Waals surface area contributed by atoms with Gasteiger partial charge in [0.05, 0.1) is 13.2 Å². The summed E-state index contributed by atoms with van der Waals surface area (Å²) in [4.78, 5) is 23.8. The van der Waals surface area contributed by atoms with Crippen LogP contribution in [0.15, 0.2) is 36.4 Å². The van der Waals surface area contributed by atoms with Crippen molar-refractivity contribution < 1.29 is 37.3 Å². The Hall–Kier alpha value is -2.32. The van der Waals surface area contributed by atoms with Crippen LogP contribution in [0.25, 0.3) is 6.08 Å². The van der Waals surface area contributed by atoms with Crippen LogP contribution in [0, 0.1) is 0 Å². The summed E-state index contributed by atoms with van der Waals surface area (Å²) in [7, 11) is 0. The molecule has 0 aliphatic carbocycles. The number of alkyl halides is 2.